The van der Waals surface area contributed by atoms with Crippen LogP contribution in [0.4, 0.5) is 5.69 Å². The highest BCUT2D eigenvalue weighted by atomic mass is 16.3. The van der Waals surface area contributed by atoms with Gasteiger partial charge in [0.1, 0.15) is 6.07 Å². The van der Waals surface area contributed by atoms with Crippen molar-refractivity contribution < 1.29 is 9.90 Å². The van der Waals surface area contributed by atoms with Crippen molar-refractivity contribution >= 4 is 11.6 Å². The maximum atomic E-state index is 11.3. The van der Waals surface area contributed by atoms with Crippen LogP contribution in [0.5, 0.6) is 0 Å². The Morgan fingerprint density at radius 1 is 1.47 bits per heavy atom. The Morgan fingerprint density at radius 2 is 2.20 bits per heavy atom. The first-order valence-electron chi connectivity index (χ1n) is 4.67. The highest BCUT2D eigenvalue weighted by Crippen LogP contribution is 2.13. The number of para-hydroxylation sites is 1. The summed E-state index contributed by atoms with van der Waals surface area (Å²) < 4.78 is 0. The average molecular weight is 204 g/mol. The van der Waals surface area contributed by atoms with E-state index in [1.165, 1.54) is 0 Å². The van der Waals surface area contributed by atoms with Crippen LogP contribution in [0.2, 0.25) is 0 Å². The van der Waals surface area contributed by atoms with Gasteiger partial charge in [0.25, 0.3) is 0 Å². The van der Waals surface area contributed by atoms with Crippen LogP contribution >= 0.6 is 0 Å². The van der Waals surface area contributed by atoms with E-state index in [0.29, 0.717) is 17.7 Å². The van der Waals surface area contributed by atoms with E-state index < -0.39 is 0 Å². The number of amides is 1. The molecule has 0 aliphatic carbocycles. The second-order valence-electron chi connectivity index (χ2n) is 3.03. The molecular formula is C11H12N2O2. The molecule has 0 fully saturated rings. The lowest BCUT2D eigenvalue weighted by Crippen LogP contribution is -2.12. The molecule has 2 N–H and O–H groups in total. The molecule has 1 amide bonds. The first kappa shape index (κ1) is 11.2. The number of nitriles is 1. The maximum Gasteiger partial charge on any atom is 0.224 e. The van der Waals surface area contributed by atoms with E-state index in [1.54, 1.807) is 24.3 Å². The Morgan fingerprint density at radius 3 is 2.87 bits per heavy atom. The largest absolute Gasteiger partial charge is 0.396 e. The first-order chi connectivity index (χ1) is 7.27. The number of nitrogens with one attached hydrogen (secondary N) is 1. The van der Waals surface area contributed by atoms with Crippen molar-refractivity contribution in [1.29, 1.82) is 5.26 Å². The number of carbonyl (C=O) groups is 1. The molecular weight excluding hydrogens is 192 g/mol. The zero-order valence-electron chi connectivity index (χ0n) is 8.23. The summed E-state index contributed by atoms with van der Waals surface area (Å²) in [5.74, 6) is -0.188. The standard InChI is InChI=1S/C11H12N2O2/c12-8-9-4-1-2-5-10(9)13-11(15)6-3-7-14/h1-2,4-5,14H,3,6-7H2,(H,13,15). The fraction of sp³-hybridized carbons (Fsp3) is 0.273. The molecule has 0 unspecified atom stereocenters. The van der Waals surface area contributed by atoms with Crippen molar-refractivity contribution in [2.75, 3.05) is 11.9 Å². The average Bonchev–Trinajstić information content (AvgIpc) is 2.27. The van der Waals surface area contributed by atoms with Gasteiger partial charge in [0.15, 0.2) is 0 Å². The molecule has 0 radical (unpaired) electrons. The van der Waals surface area contributed by atoms with Crippen molar-refractivity contribution in [2.24, 2.45) is 0 Å². The summed E-state index contributed by atoms with van der Waals surface area (Å²) in [5, 5.41) is 19.9. The van der Waals surface area contributed by atoms with Gasteiger partial charge in [0, 0.05) is 13.0 Å². The summed E-state index contributed by atoms with van der Waals surface area (Å²) in [6, 6.07) is 8.80. The zero-order valence-corrected chi connectivity index (χ0v) is 8.23. The van der Waals surface area contributed by atoms with Gasteiger partial charge in [-0.2, -0.15) is 5.26 Å². The smallest absolute Gasteiger partial charge is 0.224 e. The number of carbonyl (C=O) groups excluding carboxylic acids is 1. The van der Waals surface area contributed by atoms with E-state index in [-0.39, 0.29) is 18.9 Å². The molecule has 0 heterocycles. The third-order valence-electron chi connectivity index (χ3n) is 1.88. The number of aliphatic hydroxyl groups is 1. The van der Waals surface area contributed by atoms with E-state index >= 15 is 0 Å². The monoisotopic (exact) mass is 204 g/mol. The molecule has 0 bridgehead atoms. The number of anilines is 1. The van der Waals surface area contributed by atoms with E-state index in [9.17, 15) is 4.79 Å². The van der Waals surface area contributed by atoms with Crippen LogP contribution in [0.15, 0.2) is 24.3 Å². The lowest BCUT2D eigenvalue weighted by Gasteiger charge is -2.05. The van der Waals surface area contributed by atoms with Gasteiger partial charge >= 0.3 is 0 Å². The Balaban J connectivity index is 2.64. The number of rotatable bonds is 4. The van der Waals surface area contributed by atoms with Crippen LogP contribution in [0, 0.1) is 11.3 Å². The van der Waals surface area contributed by atoms with Crippen LogP contribution in [-0.2, 0) is 4.79 Å². The predicted molar refractivity (Wildman–Crippen MR) is 56.1 cm³/mol. The third-order valence-corrected chi connectivity index (χ3v) is 1.88. The maximum absolute atomic E-state index is 11.3. The van der Waals surface area contributed by atoms with Gasteiger partial charge in [-0.25, -0.2) is 0 Å². The molecule has 15 heavy (non-hydrogen) atoms. The van der Waals surface area contributed by atoms with Gasteiger partial charge in [-0.05, 0) is 18.6 Å². The lowest BCUT2D eigenvalue weighted by atomic mass is 10.2. The summed E-state index contributed by atoms with van der Waals surface area (Å²) in [7, 11) is 0. The predicted octanol–water partition coefficient (Wildman–Crippen LogP) is 1.27. The van der Waals surface area contributed by atoms with E-state index in [4.69, 9.17) is 10.4 Å². The van der Waals surface area contributed by atoms with Gasteiger partial charge in [0.05, 0.1) is 11.3 Å². The molecule has 1 aromatic rings. The van der Waals surface area contributed by atoms with Crippen LogP contribution in [0.1, 0.15) is 18.4 Å². The first-order valence-corrected chi connectivity index (χ1v) is 4.67. The zero-order chi connectivity index (χ0) is 11.1. The van der Waals surface area contributed by atoms with Crippen molar-refractivity contribution in [2.45, 2.75) is 12.8 Å². The molecule has 0 saturated carbocycles. The minimum Gasteiger partial charge on any atom is -0.396 e. The van der Waals surface area contributed by atoms with Gasteiger partial charge < -0.3 is 10.4 Å². The molecule has 1 rings (SSSR count). The number of benzene rings is 1. The summed E-state index contributed by atoms with van der Waals surface area (Å²) in [5.41, 5.74) is 0.956. The second kappa shape index (κ2) is 5.78. The quantitative estimate of drug-likeness (QED) is 0.775. The Hall–Kier alpha value is -1.86. The molecule has 0 saturated heterocycles. The summed E-state index contributed by atoms with van der Waals surface area (Å²) >= 11 is 0. The number of hydrogen-bond acceptors (Lipinski definition) is 3. The molecule has 4 nitrogen and oxygen atoms in total. The number of nitrogens with zero attached hydrogens (tertiary/aromatic N) is 1. The van der Waals surface area contributed by atoms with Crippen LogP contribution in [-0.4, -0.2) is 17.6 Å². The number of aliphatic hydroxyl groups excluding tert-OH is 1. The Labute approximate surface area is 88.2 Å². The second-order valence-corrected chi connectivity index (χ2v) is 3.03. The van der Waals surface area contributed by atoms with Crippen LogP contribution in [0.25, 0.3) is 0 Å². The summed E-state index contributed by atoms with van der Waals surface area (Å²) in [6.07, 6.45) is 0.691. The number of hydrogen-bond donors (Lipinski definition) is 2. The van der Waals surface area contributed by atoms with Crippen molar-refractivity contribution in [3.05, 3.63) is 29.8 Å². The Bertz CT molecular complexity index is 382. The van der Waals surface area contributed by atoms with Crippen molar-refractivity contribution in [3.8, 4) is 6.07 Å². The topological polar surface area (TPSA) is 73.1 Å². The van der Waals surface area contributed by atoms with Crippen molar-refractivity contribution in [3.63, 3.8) is 0 Å². The molecule has 0 aliphatic heterocycles. The summed E-state index contributed by atoms with van der Waals surface area (Å²) in [6.45, 7) is -0.00663. The normalized spacial score (nSPS) is 9.33. The third kappa shape index (κ3) is 3.41. The van der Waals surface area contributed by atoms with E-state index in [0.717, 1.165) is 0 Å². The molecule has 0 spiro atoms. The fourth-order valence-electron chi connectivity index (χ4n) is 1.14. The van der Waals surface area contributed by atoms with E-state index in [2.05, 4.69) is 5.32 Å². The van der Waals surface area contributed by atoms with Gasteiger partial charge in [-0.15, -0.1) is 0 Å². The molecule has 4 heteroatoms. The van der Waals surface area contributed by atoms with Gasteiger partial charge in [-0.3, -0.25) is 4.79 Å². The fourth-order valence-corrected chi connectivity index (χ4v) is 1.14. The summed E-state index contributed by atoms with van der Waals surface area (Å²) in [4.78, 5) is 11.3. The molecule has 0 aromatic heterocycles. The molecule has 1 aromatic carbocycles. The highest BCUT2D eigenvalue weighted by Gasteiger charge is 2.04. The van der Waals surface area contributed by atoms with E-state index in [1.807, 2.05) is 6.07 Å². The van der Waals surface area contributed by atoms with Crippen LogP contribution < -0.4 is 5.32 Å². The molecule has 0 atom stereocenters. The SMILES string of the molecule is N#Cc1ccccc1NC(=O)CCCO. The molecule has 78 valence electrons. The minimum absolute atomic E-state index is 0.00663. The van der Waals surface area contributed by atoms with Crippen LogP contribution in [0.3, 0.4) is 0 Å². The molecule has 0 aliphatic rings. The minimum atomic E-state index is -0.188. The van der Waals surface area contributed by atoms with Crippen molar-refractivity contribution in [1.82, 2.24) is 0 Å². The lowest BCUT2D eigenvalue weighted by molar-refractivity contribution is -0.116. The Kier molecular flexibility index (Phi) is 4.32. The van der Waals surface area contributed by atoms with Gasteiger partial charge in [0.2, 0.25) is 5.91 Å². The highest BCUT2D eigenvalue weighted by molar-refractivity contribution is 5.92. The van der Waals surface area contributed by atoms with Gasteiger partial charge in [-0.1, -0.05) is 12.1 Å².